The molecule has 2 aromatic carbocycles. The fourth-order valence-electron chi connectivity index (χ4n) is 3.81. The predicted molar refractivity (Wildman–Crippen MR) is 113 cm³/mol. The molecule has 1 saturated heterocycles. The number of hydrogen-bond acceptors (Lipinski definition) is 4. The van der Waals surface area contributed by atoms with Gasteiger partial charge in [0.25, 0.3) is 0 Å². The van der Waals surface area contributed by atoms with Gasteiger partial charge in [-0.25, -0.2) is 9.37 Å². The van der Waals surface area contributed by atoms with Crippen LogP contribution in [0.3, 0.4) is 0 Å². The summed E-state index contributed by atoms with van der Waals surface area (Å²) in [6, 6.07) is 16.5. The second kappa shape index (κ2) is 9.22. The molecule has 0 spiro atoms. The Hall–Kier alpha value is -2.99. The zero-order valence-electron chi connectivity index (χ0n) is 17.1. The molecule has 2 heterocycles. The minimum absolute atomic E-state index is 0.0250. The Morgan fingerprint density at radius 3 is 2.53 bits per heavy atom. The summed E-state index contributed by atoms with van der Waals surface area (Å²) < 4.78 is 18.8. The van der Waals surface area contributed by atoms with E-state index in [1.165, 1.54) is 12.1 Å². The average molecular weight is 407 g/mol. The molecular formula is C24H26FN3O2. The number of piperidine rings is 1. The van der Waals surface area contributed by atoms with E-state index in [0.717, 1.165) is 43.6 Å². The van der Waals surface area contributed by atoms with Crippen molar-refractivity contribution in [2.75, 3.05) is 13.1 Å². The highest BCUT2D eigenvalue weighted by atomic mass is 19.1. The van der Waals surface area contributed by atoms with E-state index in [-0.39, 0.29) is 24.2 Å². The molecule has 1 aromatic heterocycles. The summed E-state index contributed by atoms with van der Waals surface area (Å²) in [4.78, 5) is 19.4. The largest absolute Gasteiger partial charge is 0.441 e. The first-order valence-electron chi connectivity index (χ1n) is 10.3. The summed E-state index contributed by atoms with van der Waals surface area (Å²) in [6.07, 6.45) is 2.03. The summed E-state index contributed by atoms with van der Waals surface area (Å²) in [5.74, 6) is 0.990. The molecule has 0 saturated carbocycles. The van der Waals surface area contributed by atoms with E-state index in [2.05, 4.69) is 15.2 Å². The van der Waals surface area contributed by atoms with Crippen molar-refractivity contribution in [2.45, 2.75) is 38.8 Å². The summed E-state index contributed by atoms with van der Waals surface area (Å²) in [5, 5.41) is 3.14. The van der Waals surface area contributed by atoms with Crippen LogP contribution in [0.25, 0.3) is 11.5 Å². The second-order valence-corrected chi connectivity index (χ2v) is 7.81. The number of aryl methyl sites for hydroxylation is 1. The average Bonchev–Trinajstić information content (AvgIpc) is 3.12. The topological polar surface area (TPSA) is 58.4 Å². The van der Waals surface area contributed by atoms with Crippen LogP contribution in [0.15, 0.2) is 59.0 Å². The first kappa shape index (κ1) is 20.3. The van der Waals surface area contributed by atoms with E-state index >= 15 is 0 Å². The normalized spacial score (nSPS) is 15.3. The van der Waals surface area contributed by atoms with E-state index in [1.54, 1.807) is 0 Å². The summed E-state index contributed by atoms with van der Waals surface area (Å²) in [5.41, 5.74) is 2.69. The van der Waals surface area contributed by atoms with Crippen molar-refractivity contribution in [1.29, 1.82) is 0 Å². The van der Waals surface area contributed by atoms with E-state index in [0.29, 0.717) is 17.3 Å². The minimum atomic E-state index is -0.210. The molecular weight excluding hydrogens is 381 g/mol. The van der Waals surface area contributed by atoms with Gasteiger partial charge in [0.1, 0.15) is 11.6 Å². The van der Waals surface area contributed by atoms with Crippen molar-refractivity contribution in [1.82, 2.24) is 15.2 Å². The number of hydrogen-bond donors (Lipinski definition) is 1. The van der Waals surface area contributed by atoms with Crippen LogP contribution in [0.2, 0.25) is 0 Å². The highest BCUT2D eigenvalue weighted by Crippen LogP contribution is 2.22. The lowest BCUT2D eigenvalue weighted by Gasteiger charge is -2.32. The zero-order valence-corrected chi connectivity index (χ0v) is 17.1. The van der Waals surface area contributed by atoms with Gasteiger partial charge in [0.05, 0.1) is 12.1 Å². The smallest absolute Gasteiger partial charge is 0.226 e. The molecule has 5 nitrogen and oxygen atoms in total. The zero-order chi connectivity index (χ0) is 20.9. The van der Waals surface area contributed by atoms with Crippen LogP contribution in [0, 0.1) is 12.7 Å². The molecule has 0 unspecified atom stereocenters. The van der Waals surface area contributed by atoms with Gasteiger partial charge < -0.3 is 9.73 Å². The number of carbonyl (C=O) groups is 1. The maximum absolute atomic E-state index is 13.0. The molecule has 6 heteroatoms. The molecule has 30 heavy (non-hydrogen) atoms. The molecule has 0 bridgehead atoms. The molecule has 1 N–H and O–H groups in total. The number of nitrogens with zero attached hydrogens (tertiary/aromatic N) is 2. The maximum Gasteiger partial charge on any atom is 0.226 e. The Morgan fingerprint density at radius 1 is 1.13 bits per heavy atom. The highest BCUT2D eigenvalue weighted by molar-refractivity contribution is 5.78. The Morgan fingerprint density at radius 2 is 1.83 bits per heavy atom. The van der Waals surface area contributed by atoms with Crippen LogP contribution in [0.5, 0.6) is 0 Å². The standard InChI is InChI=1S/C24H26FN3O2/c1-17-22(27-24(30-17)19-5-3-2-4-6-19)15-23(29)26-21-11-13-28(14-12-21)16-18-7-9-20(25)10-8-18/h2-10,21H,11-16H2,1H3,(H,26,29). The van der Waals surface area contributed by atoms with Crippen molar-refractivity contribution < 1.29 is 13.6 Å². The minimum Gasteiger partial charge on any atom is -0.441 e. The molecule has 3 aromatic rings. The number of benzene rings is 2. The van der Waals surface area contributed by atoms with Crippen LogP contribution in [-0.2, 0) is 17.8 Å². The number of rotatable bonds is 6. The van der Waals surface area contributed by atoms with E-state index in [4.69, 9.17) is 4.42 Å². The number of halogens is 1. The molecule has 1 aliphatic heterocycles. The first-order valence-corrected chi connectivity index (χ1v) is 10.3. The number of oxazole rings is 1. The monoisotopic (exact) mass is 407 g/mol. The van der Waals surface area contributed by atoms with Crippen molar-refractivity contribution in [3.8, 4) is 11.5 Å². The third-order valence-electron chi connectivity index (χ3n) is 5.51. The molecule has 1 aliphatic rings. The van der Waals surface area contributed by atoms with Gasteiger partial charge in [0.15, 0.2) is 0 Å². The van der Waals surface area contributed by atoms with Crippen LogP contribution < -0.4 is 5.32 Å². The Balaban J connectivity index is 1.26. The number of nitrogens with one attached hydrogen (secondary N) is 1. The fraction of sp³-hybridized carbons (Fsp3) is 0.333. The highest BCUT2D eigenvalue weighted by Gasteiger charge is 2.22. The summed E-state index contributed by atoms with van der Waals surface area (Å²) in [6.45, 7) is 4.46. The Labute approximate surface area is 175 Å². The van der Waals surface area contributed by atoms with Crippen molar-refractivity contribution in [2.24, 2.45) is 0 Å². The molecule has 4 rings (SSSR count). The van der Waals surface area contributed by atoms with Gasteiger partial charge >= 0.3 is 0 Å². The van der Waals surface area contributed by atoms with Crippen molar-refractivity contribution in [3.63, 3.8) is 0 Å². The van der Waals surface area contributed by atoms with Crippen LogP contribution in [0.1, 0.15) is 29.9 Å². The number of likely N-dealkylation sites (tertiary alicyclic amines) is 1. The van der Waals surface area contributed by atoms with Gasteiger partial charge in [0, 0.05) is 31.2 Å². The van der Waals surface area contributed by atoms with Gasteiger partial charge in [-0.3, -0.25) is 9.69 Å². The lowest BCUT2D eigenvalue weighted by Crippen LogP contribution is -2.44. The van der Waals surface area contributed by atoms with Crippen LogP contribution >= 0.6 is 0 Å². The molecule has 0 atom stereocenters. The van der Waals surface area contributed by atoms with Gasteiger partial charge in [-0.1, -0.05) is 30.3 Å². The first-order chi connectivity index (χ1) is 14.6. The Kier molecular flexibility index (Phi) is 6.23. The predicted octanol–water partition coefficient (Wildman–Crippen LogP) is 4.11. The molecule has 1 fully saturated rings. The number of carbonyl (C=O) groups excluding carboxylic acids is 1. The fourth-order valence-corrected chi connectivity index (χ4v) is 3.81. The van der Waals surface area contributed by atoms with Gasteiger partial charge in [-0.2, -0.15) is 0 Å². The van der Waals surface area contributed by atoms with Crippen LogP contribution in [0.4, 0.5) is 4.39 Å². The third kappa shape index (κ3) is 5.13. The van der Waals surface area contributed by atoms with Gasteiger partial charge in [0.2, 0.25) is 11.8 Å². The molecule has 0 radical (unpaired) electrons. The van der Waals surface area contributed by atoms with E-state index < -0.39 is 0 Å². The SMILES string of the molecule is Cc1oc(-c2ccccc2)nc1CC(=O)NC1CCN(Cc2ccc(F)cc2)CC1. The van der Waals surface area contributed by atoms with Gasteiger partial charge in [-0.05, 0) is 49.6 Å². The lowest BCUT2D eigenvalue weighted by atomic mass is 10.0. The van der Waals surface area contributed by atoms with E-state index in [1.807, 2.05) is 49.4 Å². The quantitative estimate of drug-likeness (QED) is 0.668. The molecule has 156 valence electrons. The lowest BCUT2D eigenvalue weighted by molar-refractivity contribution is -0.121. The second-order valence-electron chi connectivity index (χ2n) is 7.81. The molecule has 0 aliphatic carbocycles. The number of aromatic nitrogens is 1. The van der Waals surface area contributed by atoms with Gasteiger partial charge in [-0.15, -0.1) is 0 Å². The Bertz CT molecular complexity index is 977. The van der Waals surface area contributed by atoms with Crippen molar-refractivity contribution >= 4 is 5.91 Å². The van der Waals surface area contributed by atoms with E-state index in [9.17, 15) is 9.18 Å². The van der Waals surface area contributed by atoms with Crippen LogP contribution in [-0.4, -0.2) is 34.9 Å². The number of amides is 1. The maximum atomic E-state index is 13.0. The van der Waals surface area contributed by atoms with Crippen molar-refractivity contribution in [3.05, 3.63) is 77.4 Å². The summed E-state index contributed by atoms with van der Waals surface area (Å²) in [7, 11) is 0. The molecule has 1 amide bonds. The summed E-state index contributed by atoms with van der Waals surface area (Å²) >= 11 is 0. The third-order valence-corrected chi connectivity index (χ3v) is 5.51.